The zero-order valence-electron chi connectivity index (χ0n) is 7.44. The number of fused-ring (bicyclic) bond motifs is 1. The predicted molar refractivity (Wildman–Crippen MR) is 43.9 cm³/mol. The molecule has 13 heavy (non-hydrogen) atoms. The van der Waals surface area contributed by atoms with Crippen molar-refractivity contribution in [1.82, 2.24) is 9.78 Å². The molecule has 5 nitrogen and oxygen atoms in total. The average molecular weight is 182 g/mol. The maximum absolute atomic E-state index is 10.7. The molecule has 1 aliphatic rings. The lowest BCUT2D eigenvalue weighted by Crippen LogP contribution is -2.26. The van der Waals surface area contributed by atoms with Crippen molar-refractivity contribution in [3.63, 3.8) is 0 Å². The Balaban J connectivity index is 2.43. The van der Waals surface area contributed by atoms with Crippen molar-refractivity contribution in [1.29, 1.82) is 0 Å². The molecule has 2 rings (SSSR count). The minimum absolute atomic E-state index is 0.130. The second-order valence-electron chi connectivity index (χ2n) is 3.69. The van der Waals surface area contributed by atoms with Gasteiger partial charge in [0.15, 0.2) is 0 Å². The van der Waals surface area contributed by atoms with E-state index in [9.17, 15) is 4.79 Å². The third-order valence-electron chi connectivity index (χ3n) is 1.92. The molecule has 0 saturated heterocycles. The molecule has 1 aromatic heterocycles. The first-order valence-electron chi connectivity index (χ1n) is 3.98. The highest BCUT2D eigenvalue weighted by molar-refractivity contribution is 5.90. The number of carboxylic acid groups (broad SMARTS) is 1. The van der Waals surface area contributed by atoms with E-state index >= 15 is 0 Å². The Morgan fingerprint density at radius 2 is 2.46 bits per heavy atom. The number of rotatable bonds is 1. The molecule has 0 saturated carbocycles. The number of aromatic nitrogens is 2. The van der Waals surface area contributed by atoms with Gasteiger partial charge in [0.25, 0.3) is 0 Å². The highest BCUT2D eigenvalue weighted by atomic mass is 16.5. The minimum atomic E-state index is -1.00. The molecule has 0 bridgehead atoms. The summed E-state index contributed by atoms with van der Waals surface area (Å²) in [5.41, 5.74) is -0.223. The zero-order valence-corrected chi connectivity index (χ0v) is 7.44. The second-order valence-corrected chi connectivity index (χ2v) is 3.69. The van der Waals surface area contributed by atoms with Crippen LogP contribution in [0.3, 0.4) is 0 Å². The van der Waals surface area contributed by atoms with E-state index in [1.54, 1.807) is 4.68 Å². The van der Waals surface area contributed by atoms with E-state index < -0.39 is 5.97 Å². The van der Waals surface area contributed by atoms with Crippen molar-refractivity contribution in [2.24, 2.45) is 0 Å². The molecular formula is C8H10N2O3. The first kappa shape index (κ1) is 8.10. The fourth-order valence-electron chi connectivity index (χ4n) is 1.40. The summed E-state index contributed by atoms with van der Waals surface area (Å²) >= 11 is 0. The second kappa shape index (κ2) is 2.25. The molecule has 0 radical (unpaired) electrons. The molecule has 2 heterocycles. The van der Waals surface area contributed by atoms with Gasteiger partial charge in [0, 0.05) is 0 Å². The van der Waals surface area contributed by atoms with E-state index in [1.165, 1.54) is 6.20 Å². The molecule has 0 unspecified atom stereocenters. The minimum Gasteiger partial charge on any atom is -0.477 e. The van der Waals surface area contributed by atoms with Gasteiger partial charge in [0.1, 0.15) is 11.2 Å². The van der Waals surface area contributed by atoms with Crippen LogP contribution in [0, 0.1) is 0 Å². The first-order chi connectivity index (χ1) is 5.99. The number of ether oxygens (including phenoxy) is 1. The van der Waals surface area contributed by atoms with Crippen LogP contribution in [-0.2, 0) is 6.54 Å². The van der Waals surface area contributed by atoms with Gasteiger partial charge in [0.05, 0.1) is 12.7 Å². The number of hydrogen-bond donors (Lipinski definition) is 1. The van der Waals surface area contributed by atoms with Crippen LogP contribution in [0.15, 0.2) is 6.20 Å². The number of aromatic carboxylic acids is 1. The van der Waals surface area contributed by atoms with E-state index in [0.717, 1.165) is 0 Å². The summed E-state index contributed by atoms with van der Waals surface area (Å²) in [6.07, 6.45) is 1.31. The lowest BCUT2D eigenvalue weighted by atomic mass is 10.1. The highest BCUT2D eigenvalue weighted by Crippen LogP contribution is 2.31. The fraction of sp³-hybridized carbons (Fsp3) is 0.500. The maximum atomic E-state index is 10.7. The highest BCUT2D eigenvalue weighted by Gasteiger charge is 2.34. The van der Waals surface area contributed by atoms with Gasteiger partial charge < -0.3 is 9.84 Å². The Kier molecular flexibility index (Phi) is 1.40. The fourth-order valence-corrected chi connectivity index (χ4v) is 1.40. The molecule has 0 fully saturated rings. The summed E-state index contributed by atoms with van der Waals surface area (Å²) in [7, 11) is 0. The summed E-state index contributed by atoms with van der Waals surface area (Å²) in [6, 6.07) is 0. The van der Waals surface area contributed by atoms with Crippen molar-refractivity contribution >= 4 is 5.97 Å². The maximum Gasteiger partial charge on any atom is 0.342 e. The molecule has 0 aromatic carbocycles. The van der Waals surface area contributed by atoms with Crippen molar-refractivity contribution in [3.05, 3.63) is 11.8 Å². The summed E-state index contributed by atoms with van der Waals surface area (Å²) in [6.45, 7) is 4.39. The summed E-state index contributed by atoms with van der Waals surface area (Å²) in [5, 5.41) is 12.7. The molecule has 1 N–H and O–H groups in total. The number of carboxylic acids is 1. The Hall–Kier alpha value is -1.52. The summed E-state index contributed by atoms with van der Waals surface area (Å²) < 4.78 is 7.02. The number of hydrogen-bond acceptors (Lipinski definition) is 3. The summed E-state index contributed by atoms with van der Waals surface area (Å²) in [5.74, 6) is -0.642. The SMILES string of the molecule is CC1(C)Cn2ncc(C(=O)O)c2O1. The quantitative estimate of drug-likeness (QED) is 0.696. The molecule has 1 aromatic rings. The van der Waals surface area contributed by atoms with Crippen LogP contribution in [0.2, 0.25) is 0 Å². The van der Waals surface area contributed by atoms with Gasteiger partial charge in [0.2, 0.25) is 5.88 Å². The summed E-state index contributed by atoms with van der Waals surface area (Å²) in [4.78, 5) is 10.7. The van der Waals surface area contributed by atoms with Crippen LogP contribution in [0.1, 0.15) is 24.2 Å². The van der Waals surface area contributed by atoms with Gasteiger partial charge in [-0.25, -0.2) is 9.48 Å². The number of nitrogens with zero attached hydrogens (tertiary/aromatic N) is 2. The Bertz CT molecular complexity index is 367. The van der Waals surface area contributed by atoms with Crippen LogP contribution >= 0.6 is 0 Å². The van der Waals surface area contributed by atoms with Gasteiger partial charge in [-0.3, -0.25) is 0 Å². The Morgan fingerprint density at radius 3 is 3.08 bits per heavy atom. The molecule has 5 heteroatoms. The van der Waals surface area contributed by atoms with Gasteiger partial charge in [-0.05, 0) is 13.8 Å². The third kappa shape index (κ3) is 1.16. The Morgan fingerprint density at radius 1 is 1.77 bits per heavy atom. The van der Waals surface area contributed by atoms with Crippen LogP contribution in [0.4, 0.5) is 0 Å². The van der Waals surface area contributed by atoms with E-state index in [2.05, 4.69) is 5.10 Å². The predicted octanol–water partition coefficient (Wildman–Crippen LogP) is 0.752. The molecule has 0 atom stereocenters. The monoisotopic (exact) mass is 182 g/mol. The largest absolute Gasteiger partial charge is 0.477 e. The molecule has 70 valence electrons. The standard InChI is InChI=1S/C8H10N2O3/c1-8(2)4-10-6(13-8)5(3-9-10)7(11)12/h3H,4H2,1-2H3,(H,11,12). The van der Waals surface area contributed by atoms with Crippen LogP contribution in [0.25, 0.3) is 0 Å². The Labute approximate surface area is 74.9 Å². The third-order valence-corrected chi connectivity index (χ3v) is 1.92. The van der Waals surface area contributed by atoms with Crippen molar-refractivity contribution < 1.29 is 14.6 Å². The van der Waals surface area contributed by atoms with Gasteiger partial charge >= 0.3 is 5.97 Å². The van der Waals surface area contributed by atoms with E-state index in [1.807, 2.05) is 13.8 Å². The van der Waals surface area contributed by atoms with Gasteiger partial charge in [-0.2, -0.15) is 5.10 Å². The molecule has 0 aliphatic carbocycles. The molecule has 0 spiro atoms. The van der Waals surface area contributed by atoms with Crippen LogP contribution < -0.4 is 4.74 Å². The normalized spacial score (nSPS) is 18.0. The number of carbonyl (C=O) groups is 1. The van der Waals surface area contributed by atoms with Crippen LogP contribution in [-0.4, -0.2) is 26.5 Å². The first-order valence-corrected chi connectivity index (χ1v) is 3.98. The molecule has 0 amide bonds. The van der Waals surface area contributed by atoms with Gasteiger partial charge in [-0.1, -0.05) is 0 Å². The molecular weight excluding hydrogens is 172 g/mol. The van der Waals surface area contributed by atoms with E-state index in [-0.39, 0.29) is 11.2 Å². The van der Waals surface area contributed by atoms with Gasteiger partial charge in [-0.15, -0.1) is 0 Å². The van der Waals surface area contributed by atoms with Crippen molar-refractivity contribution in [3.8, 4) is 5.88 Å². The lowest BCUT2D eigenvalue weighted by molar-refractivity contribution is 0.0685. The van der Waals surface area contributed by atoms with E-state index in [4.69, 9.17) is 9.84 Å². The lowest BCUT2D eigenvalue weighted by Gasteiger charge is -2.15. The smallest absolute Gasteiger partial charge is 0.342 e. The zero-order chi connectivity index (χ0) is 9.64. The molecule has 1 aliphatic heterocycles. The topological polar surface area (TPSA) is 64.4 Å². The van der Waals surface area contributed by atoms with Crippen molar-refractivity contribution in [2.45, 2.75) is 26.0 Å². The average Bonchev–Trinajstić information content (AvgIpc) is 2.41. The van der Waals surface area contributed by atoms with E-state index in [0.29, 0.717) is 12.4 Å². The van der Waals surface area contributed by atoms with Crippen LogP contribution in [0.5, 0.6) is 5.88 Å². The van der Waals surface area contributed by atoms with Crippen molar-refractivity contribution in [2.75, 3.05) is 0 Å².